The second-order valence-electron chi connectivity index (χ2n) is 8.43. The first-order valence-electron chi connectivity index (χ1n) is 12.0. The number of thiocarbonyl (C=S) groups is 1. The maximum absolute atomic E-state index is 11.5. The van der Waals surface area contributed by atoms with Crippen LogP contribution in [0.25, 0.3) is 0 Å². The number of aliphatic carboxylic acids is 5. The second-order valence-corrected chi connectivity index (χ2v) is 13.9. The topological polar surface area (TPSA) is 349 Å². The van der Waals surface area contributed by atoms with Crippen LogP contribution >= 0.6 is 40.0 Å². The SMILES string of the molecule is CC(=O)O.CC(=S)S.CC(C#N)C(=O)O.CC(C#N)P(=O)(O)O.CC(C(=O)O)C(=O)O.CC(C(=O)O)C(F)(F)F.CC(C(F)(F)F)P(=O)(O)O. The molecule has 0 aromatic rings. The number of nitrogens with zero attached hydrogens (tertiary/aromatic N) is 2. The highest BCUT2D eigenvalue weighted by Crippen LogP contribution is 2.48. The Hall–Kier alpha value is -3.35. The lowest BCUT2D eigenvalue weighted by Gasteiger charge is -2.15. The van der Waals surface area contributed by atoms with Gasteiger partial charge >= 0.3 is 51.4 Å². The Balaban J connectivity index is -0.0000000880. The Morgan fingerprint density at radius 1 is 0.660 bits per heavy atom. The fourth-order valence-corrected chi connectivity index (χ4v) is 1.10. The van der Waals surface area contributed by atoms with Crippen LogP contribution in [-0.2, 0) is 33.1 Å². The van der Waals surface area contributed by atoms with Crippen molar-refractivity contribution in [3.8, 4) is 12.1 Å². The number of rotatable bonds is 6. The number of hydrogen-bond acceptors (Lipinski definition) is 10. The molecule has 4 atom stereocenters. The molecule has 0 aromatic heterocycles. The highest BCUT2D eigenvalue weighted by atomic mass is 32.1. The molecule has 0 bridgehead atoms. The van der Waals surface area contributed by atoms with Crippen LogP contribution in [-0.4, -0.2) is 103 Å². The van der Waals surface area contributed by atoms with E-state index in [4.69, 9.17) is 60.4 Å². The van der Waals surface area contributed by atoms with Gasteiger partial charge in [-0.05, 0) is 41.5 Å². The van der Waals surface area contributed by atoms with E-state index in [0.29, 0.717) is 18.0 Å². The van der Waals surface area contributed by atoms with E-state index in [9.17, 15) is 54.7 Å². The van der Waals surface area contributed by atoms with Crippen LogP contribution in [0.3, 0.4) is 0 Å². The van der Waals surface area contributed by atoms with Gasteiger partial charge < -0.3 is 45.1 Å². The van der Waals surface area contributed by atoms with E-state index < -0.39 is 86.5 Å². The zero-order chi connectivity index (χ0) is 42.8. The summed E-state index contributed by atoms with van der Waals surface area (Å²) in [6.07, 6.45) is -9.44. The zero-order valence-electron chi connectivity index (χ0n) is 26.7. The molecule has 0 aliphatic rings. The van der Waals surface area contributed by atoms with Gasteiger partial charge in [0, 0.05) is 11.1 Å². The van der Waals surface area contributed by atoms with Gasteiger partial charge in [-0.1, -0.05) is 12.2 Å². The van der Waals surface area contributed by atoms with Gasteiger partial charge in [0.15, 0.2) is 11.6 Å². The smallest absolute Gasteiger partial charge is 0.402 e. The van der Waals surface area contributed by atoms with Crippen molar-refractivity contribution in [2.24, 2.45) is 17.8 Å². The summed E-state index contributed by atoms with van der Waals surface area (Å²) < 4.78 is 89.0. The van der Waals surface area contributed by atoms with Gasteiger partial charge in [-0.15, -0.1) is 12.6 Å². The predicted octanol–water partition coefficient (Wildman–Crippen LogP) is 3.84. The molecule has 0 saturated heterocycles. The van der Waals surface area contributed by atoms with Gasteiger partial charge in [0.05, 0.1) is 12.1 Å². The molecule has 0 heterocycles. The molecule has 50 heavy (non-hydrogen) atoms. The average Bonchev–Trinajstić information content (AvgIpc) is 2.89. The summed E-state index contributed by atoms with van der Waals surface area (Å²) >= 11 is 8.10. The Morgan fingerprint density at radius 2 is 0.940 bits per heavy atom. The van der Waals surface area contributed by atoms with E-state index in [1.165, 1.54) is 19.9 Å². The molecule has 18 nitrogen and oxygen atoms in total. The first-order chi connectivity index (χ1) is 21.7. The third-order valence-electron chi connectivity index (χ3n) is 3.84. The standard InChI is InChI=1S/C4H5F3O2.C4H5NO2.C4H6O4.C3H6F3O3P.C3H6NO3P.C2H4O2.C2H4S2/c1-2(3(8)9)4(5,6)7;1-3(2-5)4(6)7;1-2(3(5)6)4(7)8;1-2(3(4,5)6)10(7,8)9;1-3(2-4)8(5,6)7;2*1-2(3)4/h2H,1H3,(H,8,9);3H,1H3,(H,6,7);2H,1H3,(H,5,6)(H,7,8);2H,1H3,(H2,7,8,9);3H,1H3,(H2,5,6,7);2*1H3,(H,3,4). The van der Waals surface area contributed by atoms with Crippen LogP contribution in [0.15, 0.2) is 0 Å². The molecule has 9 N–H and O–H groups in total. The number of halogens is 6. The number of thiol groups is 1. The van der Waals surface area contributed by atoms with Crippen molar-refractivity contribution in [2.75, 3.05) is 0 Å². The van der Waals surface area contributed by atoms with E-state index in [0.717, 1.165) is 13.8 Å². The van der Waals surface area contributed by atoms with E-state index in [1.54, 1.807) is 13.0 Å². The van der Waals surface area contributed by atoms with Crippen LogP contribution in [0.1, 0.15) is 48.5 Å². The average molecular weight is 825 g/mol. The van der Waals surface area contributed by atoms with Crippen LogP contribution in [0, 0.1) is 40.4 Å². The van der Waals surface area contributed by atoms with Crippen LogP contribution in [0.2, 0.25) is 0 Å². The highest BCUT2D eigenvalue weighted by Gasteiger charge is 2.47. The van der Waals surface area contributed by atoms with Gasteiger partial charge in [0.1, 0.15) is 17.5 Å². The van der Waals surface area contributed by atoms with Gasteiger partial charge in [0.25, 0.3) is 5.97 Å². The maximum atomic E-state index is 11.5. The van der Waals surface area contributed by atoms with Crippen molar-refractivity contribution < 1.29 is 105 Å². The summed E-state index contributed by atoms with van der Waals surface area (Å²) in [5.74, 6) is -10.8. The summed E-state index contributed by atoms with van der Waals surface area (Å²) in [4.78, 5) is 80.2. The second kappa shape index (κ2) is 29.4. The van der Waals surface area contributed by atoms with Gasteiger partial charge in [-0.2, -0.15) is 36.9 Å². The first kappa shape index (κ1) is 61.8. The quantitative estimate of drug-likeness (QED) is 0.0598. The molecule has 0 aliphatic carbocycles. The van der Waals surface area contributed by atoms with E-state index >= 15 is 0 Å². The predicted molar refractivity (Wildman–Crippen MR) is 165 cm³/mol. The molecule has 28 heteroatoms. The number of carboxylic acids is 5. The summed E-state index contributed by atoms with van der Waals surface area (Å²) in [7, 11) is -9.12. The van der Waals surface area contributed by atoms with Crippen molar-refractivity contribution in [2.45, 2.75) is 72.1 Å². The molecule has 0 amide bonds. The van der Waals surface area contributed by atoms with Crippen molar-refractivity contribution in [1.29, 1.82) is 10.5 Å². The van der Waals surface area contributed by atoms with Crippen molar-refractivity contribution in [3.63, 3.8) is 0 Å². The lowest BCUT2D eigenvalue weighted by atomic mass is 10.2. The summed E-state index contributed by atoms with van der Waals surface area (Å²) in [6, 6.07) is 3.01. The van der Waals surface area contributed by atoms with Crippen molar-refractivity contribution in [1.82, 2.24) is 0 Å². The van der Waals surface area contributed by atoms with E-state index in [-0.39, 0.29) is 0 Å². The van der Waals surface area contributed by atoms with Crippen LogP contribution < -0.4 is 0 Å². The number of carboxylic acid groups (broad SMARTS) is 5. The Morgan fingerprint density at radius 3 is 0.940 bits per heavy atom. The van der Waals surface area contributed by atoms with Gasteiger partial charge in [-0.25, -0.2) is 0 Å². The third-order valence-corrected chi connectivity index (χ3v) is 6.26. The first-order valence-corrected chi connectivity index (χ1v) is 16.2. The van der Waals surface area contributed by atoms with E-state index in [1.807, 2.05) is 0 Å². The summed E-state index contributed by atoms with van der Waals surface area (Å²) in [6.45, 7) is 7.52. The van der Waals surface area contributed by atoms with E-state index in [2.05, 4.69) is 24.8 Å². The molecule has 0 rings (SSSR count). The van der Waals surface area contributed by atoms with Gasteiger partial charge in [0.2, 0.25) is 0 Å². The fraction of sp³-hybridized carbons (Fsp3) is 0.636. The highest BCUT2D eigenvalue weighted by molar-refractivity contribution is 8.11. The minimum Gasteiger partial charge on any atom is -0.481 e. The maximum Gasteiger partial charge on any atom is 0.402 e. The lowest BCUT2D eigenvalue weighted by Crippen LogP contribution is -2.27. The van der Waals surface area contributed by atoms with Gasteiger partial charge in [-0.3, -0.25) is 33.1 Å². The normalized spacial score (nSPS) is 12.7. The van der Waals surface area contributed by atoms with Crippen LogP contribution in [0.5, 0.6) is 0 Å². The molecule has 0 aromatic carbocycles. The molecule has 0 spiro atoms. The molecule has 0 saturated carbocycles. The summed E-state index contributed by atoms with van der Waals surface area (Å²) in [5, 5.41) is 54.9. The Kier molecular flexibility index (Phi) is 36.3. The number of hydrogen-bond donors (Lipinski definition) is 10. The molecule has 4 unspecified atom stereocenters. The Labute approximate surface area is 291 Å². The lowest BCUT2D eigenvalue weighted by molar-refractivity contribution is -0.189. The molecular formula is C22H36F6N2O16P2S2. The molecule has 0 radical (unpaired) electrons. The molecule has 294 valence electrons. The van der Waals surface area contributed by atoms with Crippen LogP contribution in [0.4, 0.5) is 26.3 Å². The third kappa shape index (κ3) is 51.5. The van der Waals surface area contributed by atoms with Crippen molar-refractivity contribution >= 4 is 74.1 Å². The zero-order valence-corrected chi connectivity index (χ0v) is 30.2. The number of nitriles is 2. The number of alkyl halides is 6. The minimum absolute atomic E-state index is 0.445. The molecule has 0 aliphatic heterocycles. The molecule has 0 fully saturated rings. The largest absolute Gasteiger partial charge is 0.481 e. The Bertz CT molecular complexity index is 1230. The fourth-order valence-electron chi connectivity index (χ4n) is 0.567. The minimum atomic E-state index is -5.00. The van der Waals surface area contributed by atoms with Crippen molar-refractivity contribution in [3.05, 3.63) is 0 Å². The molecular weight excluding hydrogens is 788 g/mol. The number of carbonyl (C=O) groups is 5. The monoisotopic (exact) mass is 824 g/mol. The summed E-state index contributed by atoms with van der Waals surface area (Å²) in [5.41, 5.74) is -3.75.